The zero-order valence-corrected chi connectivity index (χ0v) is 19.0. The summed E-state index contributed by atoms with van der Waals surface area (Å²) in [6, 6.07) is 0. The van der Waals surface area contributed by atoms with Crippen molar-refractivity contribution < 1.29 is 140 Å². The Kier molecular flexibility index (Phi) is 40.8. The molecule has 21 heteroatoms. The molecule has 0 aliphatic heterocycles. The van der Waals surface area contributed by atoms with Crippen molar-refractivity contribution in [1.82, 2.24) is 0 Å². The van der Waals surface area contributed by atoms with Crippen LogP contribution >= 0.6 is 8.60 Å². The van der Waals surface area contributed by atoms with Crippen LogP contribution in [0.15, 0.2) is 0 Å². The Labute approximate surface area is 220 Å². The van der Waals surface area contributed by atoms with Gasteiger partial charge >= 0.3 is 116 Å². The summed E-state index contributed by atoms with van der Waals surface area (Å²) < 4.78 is 10.9. The van der Waals surface area contributed by atoms with Crippen molar-refractivity contribution in [3.8, 4) is 0 Å². The van der Waals surface area contributed by atoms with Crippen LogP contribution in [0.5, 0.6) is 0 Å². The van der Waals surface area contributed by atoms with Crippen molar-refractivity contribution in [3.05, 3.63) is 0 Å². The van der Waals surface area contributed by atoms with Gasteiger partial charge in [-0.15, -0.1) is 0 Å². The van der Waals surface area contributed by atoms with Crippen LogP contribution in [0.25, 0.3) is 0 Å². The smallest absolute Gasteiger partial charge is 0.565 e. The van der Waals surface area contributed by atoms with Crippen LogP contribution in [0.1, 0.15) is 0 Å². The summed E-state index contributed by atoms with van der Waals surface area (Å²) in [5, 5.41) is 69.8. The first-order valence-electron chi connectivity index (χ1n) is 4.34. The maximum absolute atomic E-state index is 9.82. The van der Waals surface area contributed by atoms with E-state index in [0.717, 1.165) is 0 Å². The average molecular weight is 476 g/mol. The molecule has 0 atom stereocenters. The molecular formula is C6H6CaKO18P. The van der Waals surface area contributed by atoms with Crippen LogP contribution in [-0.2, 0) is 13.6 Å². The predicted octanol–water partition coefficient (Wildman–Crippen LogP) is -5.42. The Morgan fingerprint density at radius 3 is 0.741 bits per heavy atom. The predicted molar refractivity (Wildman–Crippen MR) is 64.1 cm³/mol. The van der Waals surface area contributed by atoms with Crippen molar-refractivity contribution in [2.45, 2.75) is 0 Å². The second-order valence-corrected chi connectivity index (χ2v) is 3.09. The molecule has 0 fully saturated rings. The molecule has 0 saturated heterocycles. The van der Waals surface area contributed by atoms with Crippen LogP contribution in [0.2, 0.25) is 0 Å². The Bertz CT molecular complexity index is 388. The average Bonchev–Trinajstić information content (AvgIpc) is 2.22. The van der Waals surface area contributed by atoms with Crippen molar-refractivity contribution in [3.63, 3.8) is 0 Å². The molecule has 0 aromatic carbocycles. The van der Waals surface area contributed by atoms with Gasteiger partial charge in [-0.25, -0.2) is 14.4 Å². The van der Waals surface area contributed by atoms with Gasteiger partial charge in [-0.05, 0) is 0 Å². The normalized spacial score (nSPS) is 7.00. The summed E-state index contributed by atoms with van der Waals surface area (Å²) >= 11 is 0. The minimum Gasteiger partial charge on any atom is -0.565 e. The molecule has 146 valence electrons. The van der Waals surface area contributed by atoms with E-state index in [1.54, 1.807) is 0 Å². The third kappa shape index (κ3) is 110. The van der Waals surface area contributed by atoms with Crippen molar-refractivity contribution in [2.75, 3.05) is 0 Å². The second kappa shape index (κ2) is 27.2. The van der Waals surface area contributed by atoms with Crippen molar-refractivity contribution in [2.24, 2.45) is 0 Å². The minimum absolute atomic E-state index is 0. The number of rotatable bonds is 3. The van der Waals surface area contributed by atoms with Gasteiger partial charge in [0.05, 0.1) is 0 Å². The summed E-state index contributed by atoms with van der Waals surface area (Å²) in [6.07, 6.45) is -12.0. The number of carbonyl (C=O) groups is 6. The Morgan fingerprint density at radius 2 is 0.667 bits per heavy atom. The van der Waals surface area contributed by atoms with Crippen LogP contribution in [-0.4, -0.2) is 105 Å². The molecule has 0 spiro atoms. The van der Waals surface area contributed by atoms with E-state index < -0.39 is 45.5 Å². The van der Waals surface area contributed by atoms with E-state index in [2.05, 4.69) is 13.6 Å². The van der Waals surface area contributed by atoms with E-state index in [1.165, 1.54) is 0 Å². The van der Waals surface area contributed by atoms with Gasteiger partial charge in [0.15, 0.2) is 0 Å². The fraction of sp³-hybridized carbons (Fsp3) is 0. The number of hydrogen-bond donors (Lipinski definition) is 6. The molecule has 0 bridgehead atoms. The maximum Gasteiger partial charge on any atom is 2.00 e. The zero-order valence-electron chi connectivity index (χ0n) is 12.7. The van der Waals surface area contributed by atoms with Gasteiger partial charge in [0.1, 0.15) is 0 Å². The first-order valence-corrected chi connectivity index (χ1v) is 5.43. The van der Waals surface area contributed by atoms with Gasteiger partial charge in [-0.2, -0.15) is 0 Å². The van der Waals surface area contributed by atoms with Gasteiger partial charge in [-0.1, -0.05) is 0 Å². The number of carboxylic acid groups (broad SMARTS) is 9. The number of hydrogen-bond acceptors (Lipinski definition) is 12. The molecule has 0 amide bonds. The van der Waals surface area contributed by atoms with Gasteiger partial charge in [0, 0.05) is 0 Å². The minimum atomic E-state index is -2.98. The molecule has 0 saturated carbocycles. The SMILES string of the molecule is O=C(O)OP(OC(=O)O)OC(=O)O.O=C([O-])O.O=C([O-])O.O=C([O-])O.[Ca+2].[K+]. The van der Waals surface area contributed by atoms with Gasteiger partial charge < -0.3 is 73.9 Å². The monoisotopic (exact) mass is 476 g/mol. The van der Waals surface area contributed by atoms with Crippen LogP contribution in [0.4, 0.5) is 28.8 Å². The second-order valence-electron chi connectivity index (χ2n) is 2.09. The van der Waals surface area contributed by atoms with Crippen LogP contribution < -0.4 is 66.7 Å². The van der Waals surface area contributed by atoms with Gasteiger partial charge in [-0.3, -0.25) is 0 Å². The fourth-order valence-corrected chi connectivity index (χ4v) is 0.742. The molecule has 0 radical (unpaired) electrons. The van der Waals surface area contributed by atoms with E-state index in [0.29, 0.717) is 0 Å². The molecular weight excluding hydrogens is 470 g/mol. The summed E-state index contributed by atoms with van der Waals surface area (Å²) in [7, 11) is -2.98. The Morgan fingerprint density at radius 1 is 0.556 bits per heavy atom. The van der Waals surface area contributed by atoms with Crippen molar-refractivity contribution >= 4 is 83.3 Å². The summed E-state index contributed by atoms with van der Waals surface area (Å²) in [4.78, 5) is 54.8. The maximum atomic E-state index is 9.82. The molecule has 0 rings (SSSR count). The molecule has 18 nitrogen and oxygen atoms in total. The molecule has 0 heterocycles. The molecule has 0 aromatic heterocycles. The molecule has 27 heavy (non-hydrogen) atoms. The van der Waals surface area contributed by atoms with E-state index in [4.69, 9.17) is 60.3 Å². The fourth-order valence-electron chi connectivity index (χ4n) is 0.247. The third-order valence-corrected chi connectivity index (χ3v) is 1.37. The summed E-state index contributed by atoms with van der Waals surface area (Å²) in [5.74, 6) is 0. The first kappa shape index (κ1) is 40.6. The largest absolute Gasteiger partial charge is 2.00 e. The van der Waals surface area contributed by atoms with E-state index in [-0.39, 0.29) is 89.1 Å². The topological polar surface area (TPSA) is 321 Å². The summed E-state index contributed by atoms with van der Waals surface area (Å²) in [5.41, 5.74) is 0. The third-order valence-electron chi connectivity index (χ3n) is 0.458. The molecule has 0 aliphatic rings. The summed E-state index contributed by atoms with van der Waals surface area (Å²) in [6.45, 7) is 0. The van der Waals surface area contributed by atoms with Gasteiger partial charge in [0.25, 0.3) is 0 Å². The Balaban J connectivity index is -0.0000000655. The molecule has 0 unspecified atom stereocenters. The molecule has 6 N–H and O–H groups in total. The Hall–Kier alpha value is -1.05. The first-order chi connectivity index (χ1) is 11.1. The molecule has 0 aromatic rings. The zero-order chi connectivity index (χ0) is 21.2. The quantitative estimate of drug-likeness (QED) is 0.163. The van der Waals surface area contributed by atoms with Crippen LogP contribution in [0.3, 0.4) is 0 Å². The van der Waals surface area contributed by atoms with E-state index >= 15 is 0 Å². The van der Waals surface area contributed by atoms with E-state index in [9.17, 15) is 14.4 Å². The standard InChI is InChI=1S/C3H3O9P.3CH2O3.Ca.K/c4-1(5)10-13(11-2(6)7)12-3(8)9;3*2-1(3)4;;/h(H,4,5)(H,6,7)(H,8,9);3*(H2,2,3,4);;/q;;;;+2;+1/p-3. The van der Waals surface area contributed by atoms with Crippen LogP contribution in [0, 0.1) is 0 Å². The van der Waals surface area contributed by atoms with Gasteiger partial charge in [0.2, 0.25) is 18.5 Å². The molecule has 0 aliphatic carbocycles. The van der Waals surface area contributed by atoms with Crippen molar-refractivity contribution in [1.29, 1.82) is 0 Å². The van der Waals surface area contributed by atoms with E-state index in [1.807, 2.05) is 0 Å².